The van der Waals surface area contributed by atoms with E-state index in [9.17, 15) is 13.2 Å². The van der Waals surface area contributed by atoms with Crippen LogP contribution in [-0.4, -0.2) is 18.1 Å². The molecule has 2 N–H and O–H groups in total. The zero-order valence-corrected chi connectivity index (χ0v) is 13.5. The molecule has 0 aromatic heterocycles. The van der Waals surface area contributed by atoms with Gasteiger partial charge in [0.15, 0.2) is 5.11 Å². The largest absolute Gasteiger partial charge is 0.573 e. The highest BCUT2D eigenvalue weighted by Gasteiger charge is 2.31. The highest BCUT2D eigenvalue weighted by molar-refractivity contribution is 7.80. The molecule has 0 saturated carbocycles. The first-order valence-corrected chi connectivity index (χ1v) is 7.43. The summed E-state index contributed by atoms with van der Waals surface area (Å²) in [4.78, 5) is 0. The van der Waals surface area contributed by atoms with Crippen molar-refractivity contribution in [3.05, 3.63) is 48.5 Å². The number of anilines is 2. The first-order valence-electron chi connectivity index (χ1n) is 7.02. The lowest BCUT2D eigenvalue weighted by Crippen LogP contribution is -2.20. The maximum Gasteiger partial charge on any atom is 0.573 e. The summed E-state index contributed by atoms with van der Waals surface area (Å²) in [6.07, 6.45) is -4.74. The Kier molecular flexibility index (Phi) is 5.86. The molecule has 2 rings (SSSR count). The third kappa shape index (κ3) is 5.96. The van der Waals surface area contributed by atoms with E-state index >= 15 is 0 Å². The van der Waals surface area contributed by atoms with E-state index in [0.29, 0.717) is 12.3 Å². The number of halogens is 3. The molecule has 8 heteroatoms. The fourth-order valence-corrected chi connectivity index (χ4v) is 2.10. The first kappa shape index (κ1) is 17.9. The van der Waals surface area contributed by atoms with Gasteiger partial charge in [0.25, 0.3) is 0 Å². The molecular weight excluding hydrogens is 341 g/mol. The van der Waals surface area contributed by atoms with Crippen molar-refractivity contribution in [3.63, 3.8) is 0 Å². The number of thiocarbonyl (C=S) groups is 1. The number of benzene rings is 2. The summed E-state index contributed by atoms with van der Waals surface area (Å²) < 4.78 is 45.9. The van der Waals surface area contributed by atoms with Gasteiger partial charge in [0.05, 0.1) is 6.61 Å². The molecular formula is C16H15F3N2O2S. The van der Waals surface area contributed by atoms with Crippen LogP contribution in [0, 0.1) is 0 Å². The number of alkyl halides is 3. The predicted octanol–water partition coefficient (Wildman–Crippen LogP) is 4.79. The standard InChI is InChI=1S/C16H15F3N2O2S/c1-2-22-13-8-6-11(7-9-13)20-15(24)21-12-4-3-5-14(10-12)23-16(17,18)19/h3-10H,2H2,1H3,(H2,20,21,24). The van der Waals surface area contributed by atoms with Crippen molar-refractivity contribution in [1.82, 2.24) is 0 Å². The van der Waals surface area contributed by atoms with Crippen LogP contribution in [-0.2, 0) is 0 Å². The van der Waals surface area contributed by atoms with Gasteiger partial charge in [-0.25, -0.2) is 0 Å². The van der Waals surface area contributed by atoms with Crippen molar-refractivity contribution >= 4 is 28.7 Å². The summed E-state index contributed by atoms with van der Waals surface area (Å²) in [7, 11) is 0. The number of ether oxygens (including phenoxy) is 2. The topological polar surface area (TPSA) is 42.5 Å². The fraction of sp³-hybridized carbons (Fsp3) is 0.188. The number of hydrogen-bond acceptors (Lipinski definition) is 3. The normalized spacial score (nSPS) is 10.8. The SMILES string of the molecule is CCOc1ccc(NC(=S)Nc2cccc(OC(F)(F)F)c2)cc1. The zero-order chi connectivity index (χ0) is 17.6. The highest BCUT2D eigenvalue weighted by Crippen LogP contribution is 2.25. The smallest absolute Gasteiger partial charge is 0.494 e. The predicted molar refractivity (Wildman–Crippen MR) is 90.6 cm³/mol. The lowest BCUT2D eigenvalue weighted by molar-refractivity contribution is -0.274. The number of nitrogens with one attached hydrogen (secondary N) is 2. The minimum absolute atomic E-state index is 0.239. The second-order valence-electron chi connectivity index (χ2n) is 4.61. The van der Waals surface area contributed by atoms with Crippen molar-refractivity contribution < 1.29 is 22.6 Å². The third-order valence-electron chi connectivity index (χ3n) is 2.75. The quantitative estimate of drug-likeness (QED) is 0.754. The third-order valence-corrected chi connectivity index (χ3v) is 2.95. The van der Waals surface area contributed by atoms with Gasteiger partial charge in [-0.15, -0.1) is 13.2 Å². The Morgan fingerprint density at radius 2 is 1.67 bits per heavy atom. The molecule has 0 spiro atoms. The average molecular weight is 356 g/mol. The molecule has 24 heavy (non-hydrogen) atoms. The molecule has 0 amide bonds. The van der Waals surface area contributed by atoms with Crippen LogP contribution in [0.25, 0.3) is 0 Å². The molecule has 0 heterocycles. The van der Waals surface area contributed by atoms with Gasteiger partial charge in [-0.1, -0.05) is 6.07 Å². The van der Waals surface area contributed by atoms with Crippen LogP contribution in [0.1, 0.15) is 6.92 Å². The van der Waals surface area contributed by atoms with Crippen molar-refractivity contribution in [2.75, 3.05) is 17.2 Å². The first-order chi connectivity index (χ1) is 11.4. The monoisotopic (exact) mass is 356 g/mol. The lowest BCUT2D eigenvalue weighted by atomic mass is 10.3. The second-order valence-corrected chi connectivity index (χ2v) is 5.02. The van der Waals surface area contributed by atoms with Crippen LogP contribution >= 0.6 is 12.2 Å². The summed E-state index contributed by atoms with van der Waals surface area (Å²) in [6, 6.07) is 12.6. The van der Waals surface area contributed by atoms with Gasteiger partial charge in [0, 0.05) is 17.4 Å². The fourth-order valence-electron chi connectivity index (χ4n) is 1.87. The molecule has 128 valence electrons. The van der Waals surface area contributed by atoms with E-state index in [4.69, 9.17) is 17.0 Å². The Labute approximate surface area is 142 Å². The highest BCUT2D eigenvalue weighted by atomic mass is 32.1. The Hall–Kier alpha value is -2.48. The van der Waals surface area contributed by atoms with Gasteiger partial charge >= 0.3 is 6.36 Å². The number of hydrogen-bond donors (Lipinski definition) is 2. The van der Waals surface area contributed by atoms with Crippen molar-refractivity contribution in [2.24, 2.45) is 0 Å². The van der Waals surface area contributed by atoms with E-state index in [-0.39, 0.29) is 10.9 Å². The molecule has 0 radical (unpaired) electrons. The van der Waals surface area contributed by atoms with Gasteiger partial charge in [-0.05, 0) is 55.5 Å². The van der Waals surface area contributed by atoms with Crippen molar-refractivity contribution in [3.8, 4) is 11.5 Å². The molecule has 0 aliphatic rings. The minimum atomic E-state index is -4.74. The zero-order valence-electron chi connectivity index (χ0n) is 12.7. The van der Waals surface area contributed by atoms with E-state index in [0.717, 1.165) is 11.4 Å². The summed E-state index contributed by atoms with van der Waals surface area (Å²) in [5, 5.41) is 5.97. The van der Waals surface area contributed by atoms with Gasteiger partial charge in [0.1, 0.15) is 11.5 Å². The minimum Gasteiger partial charge on any atom is -0.494 e. The second kappa shape index (κ2) is 7.87. The molecule has 4 nitrogen and oxygen atoms in total. The molecule has 0 unspecified atom stereocenters. The molecule has 0 fully saturated rings. The van der Waals surface area contributed by atoms with Crippen molar-refractivity contribution in [2.45, 2.75) is 13.3 Å². The molecule has 2 aromatic rings. The van der Waals surface area contributed by atoms with Crippen molar-refractivity contribution in [1.29, 1.82) is 0 Å². The summed E-state index contributed by atoms with van der Waals surface area (Å²) in [6.45, 7) is 2.46. The van der Waals surface area contributed by atoms with Gasteiger partial charge in [0.2, 0.25) is 0 Å². The molecule has 0 aliphatic heterocycles. The van der Waals surface area contributed by atoms with Crippen LogP contribution in [0.2, 0.25) is 0 Å². The summed E-state index contributed by atoms with van der Waals surface area (Å²) in [5.41, 5.74) is 1.10. The molecule has 0 bridgehead atoms. The Morgan fingerprint density at radius 3 is 2.29 bits per heavy atom. The van der Waals surface area contributed by atoms with Gasteiger partial charge < -0.3 is 20.1 Å². The molecule has 0 aliphatic carbocycles. The van der Waals surface area contributed by atoms with Gasteiger partial charge in [-0.2, -0.15) is 0 Å². The number of rotatable bonds is 5. The Morgan fingerprint density at radius 1 is 1.00 bits per heavy atom. The molecule has 0 saturated heterocycles. The van der Waals surface area contributed by atoms with Crippen LogP contribution < -0.4 is 20.1 Å². The van der Waals surface area contributed by atoms with E-state index in [1.165, 1.54) is 18.2 Å². The maximum absolute atomic E-state index is 12.2. The van der Waals surface area contributed by atoms with Crippen LogP contribution in [0.5, 0.6) is 11.5 Å². The summed E-state index contributed by atoms with van der Waals surface area (Å²) >= 11 is 5.14. The van der Waals surface area contributed by atoms with E-state index in [1.807, 2.05) is 6.92 Å². The van der Waals surface area contributed by atoms with Crippen LogP contribution in [0.15, 0.2) is 48.5 Å². The molecule has 2 aromatic carbocycles. The summed E-state index contributed by atoms with van der Waals surface area (Å²) in [5.74, 6) is 0.412. The maximum atomic E-state index is 12.2. The average Bonchev–Trinajstić information content (AvgIpc) is 2.48. The van der Waals surface area contributed by atoms with Crippen LogP contribution in [0.3, 0.4) is 0 Å². The Balaban J connectivity index is 1.95. The lowest BCUT2D eigenvalue weighted by Gasteiger charge is -2.13. The Bertz CT molecular complexity index is 690. The van der Waals surface area contributed by atoms with E-state index in [2.05, 4.69) is 15.4 Å². The van der Waals surface area contributed by atoms with E-state index in [1.54, 1.807) is 30.3 Å². The van der Waals surface area contributed by atoms with Gasteiger partial charge in [-0.3, -0.25) is 0 Å². The van der Waals surface area contributed by atoms with Crippen LogP contribution in [0.4, 0.5) is 24.5 Å². The van der Waals surface area contributed by atoms with E-state index < -0.39 is 6.36 Å². The molecule has 0 atom stereocenters.